The number of pyridine rings is 1. The maximum atomic E-state index is 11.7. The van der Waals surface area contributed by atoms with Gasteiger partial charge in [-0.15, -0.1) is 0 Å². The molecule has 5 heteroatoms. The molecule has 0 aliphatic heterocycles. The van der Waals surface area contributed by atoms with Crippen molar-refractivity contribution >= 4 is 21.0 Å². The molecule has 1 atom stereocenters. The smallest absolute Gasteiger partial charge is 0.189 e. The van der Waals surface area contributed by atoms with E-state index in [1.165, 1.54) is 0 Å². The number of hydrogen-bond acceptors (Lipinski definition) is 3. The lowest BCUT2D eigenvalue weighted by molar-refractivity contribution is 0.963. The van der Waals surface area contributed by atoms with Gasteiger partial charge in [0.05, 0.1) is 12.1 Å². The van der Waals surface area contributed by atoms with Gasteiger partial charge in [0.25, 0.3) is 0 Å². The van der Waals surface area contributed by atoms with Crippen LogP contribution >= 0.6 is 9.24 Å². The van der Waals surface area contributed by atoms with Crippen molar-refractivity contribution < 1.29 is 0 Å². The minimum Gasteiger partial charge on any atom is -0.364 e. The highest BCUT2D eigenvalue weighted by Crippen LogP contribution is 2.13. The van der Waals surface area contributed by atoms with Gasteiger partial charge in [0, 0.05) is 31.8 Å². The van der Waals surface area contributed by atoms with Gasteiger partial charge in [0.1, 0.15) is 5.82 Å². The van der Waals surface area contributed by atoms with E-state index >= 15 is 0 Å². The van der Waals surface area contributed by atoms with Crippen LogP contribution in [0.3, 0.4) is 0 Å². The molecule has 1 rings (SSSR count). The number of aromatic amines is 1. The Balaban J connectivity index is 3.27. The Morgan fingerprint density at radius 1 is 1.60 bits per heavy atom. The molecule has 0 radical (unpaired) electrons. The van der Waals surface area contributed by atoms with Gasteiger partial charge in [-0.1, -0.05) is 9.24 Å². The zero-order valence-corrected chi connectivity index (χ0v) is 10.4. The van der Waals surface area contributed by atoms with E-state index in [1.807, 2.05) is 25.9 Å². The summed E-state index contributed by atoms with van der Waals surface area (Å²) in [5.41, 5.74) is 1.59. The molecule has 0 fully saturated rings. The average molecular weight is 225 g/mol. The lowest BCUT2D eigenvalue weighted by atomic mass is 10.2. The van der Waals surface area contributed by atoms with Crippen molar-refractivity contribution in [1.29, 1.82) is 0 Å². The van der Waals surface area contributed by atoms with Gasteiger partial charge in [-0.2, -0.15) is 0 Å². The average Bonchev–Trinajstić information content (AvgIpc) is 2.15. The number of rotatable bonds is 3. The van der Waals surface area contributed by atoms with Crippen LogP contribution in [-0.4, -0.2) is 25.0 Å². The molecule has 0 saturated heterocycles. The SMILES string of the molecule is Cc1cc(=O)c(CN=CP)c(N(C)C)[nH]1. The molecule has 0 bridgehead atoms. The van der Waals surface area contributed by atoms with Gasteiger partial charge in [0.2, 0.25) is 0 Å². The molecule has 1 unspecified atom stereocenters. The Kier molecular flexibility index (Phi) is 4.04. The summed E-state index contributed by atoms with van der Waals surface area (Å²) in [4.78, 5) is 20.9. The van der Waals surface area contributed by atoms with Crippen LogP contribution in [0.4, 0.5) is 5.82 Å². The quantitative estimate of drug-likeness (QED) is 0.619. The van der Waals surface area contributed by atoms with E-state index in [0.29, 0.717) is 12.1 Å². The molecule has 1 aromatic rings. The minimum absolute atomic E-state index is 0.0329. The van der Waals surface area contributed by atoms with E-state index in [0.717, 1.165) is 11.5 Å². The predicted octanol–water partition coefficient (Wildman–Crippen LogP) is 1.15. The van der Waals surface area contributed by atoms with Crippen molar-refractivity contribution in [2.75, 3.05) is 19.0 Å². The lowest BCUT2D eigenvalue weighted by Gasteiger charge is -2.16. The Morgan fingerprint density at radius 3 is 2.80 bits per heavy atom. The van der Waals surface area contributed by atoms with Crippen LogP contribution in [0, 0.1) is 6.92 Å². The van der Waals surface area contributed by atoms with Gasteiger partial charge in [-0.3, -0.25) is 9.79 Å². The summed E-state index contributed by atoms with van der Waals surface area (Å²) in [7, 11) is 6.20. The molecule has 1 heterocycles. The highest BCUT2D eigenvalue weighted by Gasteiger charge is 2.09. The fourth-order valence-corrected chi connectivity index (χ4v) is 1.48. The summed E-state index contributed by atoms with van der Waals surface area (Å²) in [5.74, 6) is 2.45. The van der Waals surface area contributed by atoms with Crippen LogP contribution in [0.1, 0.15) is 11.3 Å². The number of nitrogens with zero attached hydrogens (tertiary/aromatic N) is 2. The minimum atomic E-state index is 0.0329. The number of aryl methyl sites for hydroxylation is 1. The largest absolute Gasteiger partial charge is 0.364 e. The van der Waals surface area contributed by atoms with E-state index < -0.39 is 0 Å². The number of anilines is 1. The first-order valence-electron chi connectivity index (χ1n) is 4.66. The fraction of sp³-hybridized carbons (Fsp3) is 0.400. The van der Waals surface area contributed by atoms with Gasteiger partial charge < -0.3 is 9.88 Å². The molecule has 15 heavy (non-hydrogen) atoms. The number of hydrogen-bond donors (Lipinski definition) is 1. The third-order valence-electron chi connectivity index (χ3n) is 2.05. The van der Waals surface area contributed by atoms with Crippen molar-refractivity contribution in [2.24, 2.45) is 4.99 Å². The van der Waals surface area contributed by atoms with Crippen LogP contribution in [-0.2, 0) is 6.54 Å². The monoisotopic (exact) mass is 225 g/mol. The second-order valence-corrected chi connectivity index (χ2v) is 3.83. The van der Waals surface area contributed by atoms with Crippen LogP contribution in [0.15, 0.2) is 15.9 Å². The second kappa shape index (κ2) is 5.08. The van der Waals surface area contributed by atoms with Crippen molar-refractivity contribution in [3.63, 3.8) is 0 Å². The molecule has 0 amide bonds. The Hall–Kier alpha value is -1.15. The molecule has 0 aliphatic rings. The first-order chi connectivity index (χ1) is 7.06. The maximum Gasteiger partial charge on any atom is 0.189 e. The summed E-state index contributed by atoms with van der Waals surface area (Å²) in [6, 6.07) is 1.60. The molecular weight excluding hydrogens is 209 g/mol. The van der Waals surface area contributed by atoms with Crippen molar-refractivity contribution in [2.45, 2.75) is 13.5 Å². The molecule has 0 spiro atoms. The molecule has 1 aromatic heterocycles. The zero-order valence-electron chi connectivity index (χ0n) is 9.24. The van der Waals surface area contributed by atoms with Crippen molar-refractivity contribution in [3.05, 3.63) is 27.5 Å². The molecular formula is C10H16N3OP. The standard InChI is InChI=1S/C10H16N3OP/c1-7-4-9(14)8(5-11-6-15)10(12-7)13(2)3/h4,6H,5,15H2,1-3H3,(H,12,14). The number of nitrogens with one attached hydrogen (secondary N) is 1. The van der Waals surface area contributed by atoms with E-state index in [9.17, 15) is 4.79 Å². The zero-order chi connectivity index (χ0) is 11.4. The molecule has 82 valence electrons. The molecule has 0 aromatic carbocycles. The van der Waals surface area contributed by atoms with E-state index in [4.69, 9.17) is 0 Å². The highest BCUT2D eigenvalue weighted by atomic mass is 31.0. The topological polar surface area (TPSA) is 48.5 Å². The highest BCUT2D eigenvalue weighted by molar-refractivity contribution is 7.36. The third kappa shape index (κ3) is 2.90. The summed E-state index contributed by atoms with van der Waals surface area (Å²) < 4.78 is 0. The first kappa shape index (κ1) is 11.9. The molecule has 4 nitrogen and oxygen atoms in total. The van der Waals surface area contributed by atoms with E-state index in [-0.39, 0.29) is 5.43 Å². The van der Waals surface area contributed by atoms with Crippen LogP contribution in [0.25, 0.3) is 0 Å². The van der Waals surface area contributed by atoms with Crippen LogP contribution in [0.5, 0.6) is 0 Å². The normalized spacial score (nSPS) is 10.9. The summed E-state index contributed by atoms with van der Waals surface area (Å²) >= 11 is 0. The van der Waals surface area contributed by atoms with Gasteiger partial charge in [-0.05, 0) is 6.92 Å². The Morgan fingerprint density at radius 2 is 2.27 bits per heavy atom. The van der Waals surface area contributed by atoms with Gasteiger partial charge in [-0.25, -0.2) is 0 Å². The molecule has 0 aliphatic carbocycles. The second-order valence-electron chi connectivity index (χ2n) is 3.53. The Bertz CT molecular complexity index is 423. The fourth-order valence-electron chi connectivity index (χ4n) is 1.38. The number of H-pyrrole nitrogens is 1. The van der Waals surface area contributed by atoms with Crippen LogP contribution < -0.4 is 10.3 Å². The van der Waals surface area contributed by atoms with Crippen molar-refractivity contribution in [1.82, 2.24) is 4.98 Å². The predicted molar refractivity (Wildman–Crippen MR) is 68.0 cm³/mol. The van der Waals surface area contributed by atoms with Crippen molar-refractivity contribution in [3.8, 4) is 0 Å². The number of aliphatic imine (C=N–C) groups is 1. The Labute approximate surface area is 91.6 Å². The van der Waals surface area contributed by atoms with Gasteiger partial charge >= 0.3 is 0 Å². The molecule has 1 N–H and O–H groups in total. The maximum absolute atomic E-state index is 11.7. The molecule has 0 saturated carbocycles. The lowest BCUT2D eigenvalue weighted by Crippen LogP contribution is -2.20. The summed E-state index contributed by atoms with van der Waals surface area (Å²) in [6.07, 6.45) is 0. The van der Waals surface area contributed by atoms with E-state index in [2.05, 4.69) is 19.2 Å². The summed E-state index contributed by atoms with van der Waals surface area (Å²) in [5, 5.41) is 0. The summed E-state index contributed by atoms with van der Waals surface area (Å²) in [6.45, 7) is 2.28. The van der Waals surface area contributed by atoms with E-state index in [1.54, 1.807) is 12.0 Å². The van der Waals surface area contributed by atoms with Crippen LogP contribution in [0.2, 0.25) is 0 Å². The number of aromatic nitrogens is 1. The third-order valence-corrected chi connectivity index (χ3v) is 2.26. The van der Waals surface area contributed by atoms with Gasteiger partial charge in [0.15, 0.2) is 5.43 Å². The first-order valence-corrected chi connectivity index (χ1v) is 5.33.